The summed E-state index contributed by atoms with van der Waals surface area (Å²) in [5.41, 5.74) is 2.71. The van der Waals surface area contributed by atoms with Crippen LogP contribution in [-0.4, -0.2) is 9.55 Å². The van der Waals surface area contributed by atoms with E-state index in [1.54, 1.807) is 17.0 Å². The first-order valence-corrected chi connectivity index (χ1v) is 7.51. The number of benzene rings is 2. The quantitative estimate of drug-likeness (QED) is 0.753. The number of nitrogens with zero attached hydrogens (tertiary/aromatic N) is 2. The van der Waals surface area contributed by atoms with Gasteiger partial charge in [-0.25, -0.2) is 4.98 Å². The van der Waals surface area contributed by atoms with Gasteiger partial charge in [0.2, 0.25) is 0 Å². The van der Waals surface area contributed by atoms with Crippen molar-refractivity contribution in [1.29, 1.82) is 0 Å². The van der Waals surface area contributed by atoms with E-state index in [1.165, 1.54) is 0 Å². The van der Waals surface area contributed by atoms with E-state index in [0.29, 0.717) is 12.4 Å². The number of aromatic nitrogens is 2. The van der Waals surface area contributed by atoms with E-state index in [-0.39, 0.29) is 5.56 Å². The molecule has 0 fully saturated rings. The van der Waals surface area contributed by atoms with Crippen LogP contribution < -0.4 is 16.2 Å². The van der Waals surface area contributed by atoms with Gasteiger partial charge in [-0.2, -0.15) is 0 Å². The third-order valence-corrected chi connectivity index (χ3v) is 3.46. The van der Waals surface area contributed by atoms with Gasteiger partial charge < -0.3 is 15.2 Å². The molecule has 0 aliphatic heterocycles. The molecular formula is C18H18N4O. The molecule has 3 aromatic rings. The molecule has 0 saturated carbocycles. The van der Waals surface area contributed by atoms with Crippen molar-refractivity contribution in [2.75, 3.05) is 10.6 Å². The number of rotatable bonds is 5. The molecule has 0 amide bonds. The molecule has 5 nitrogen and oxygen atoms in total. The summed E-state index contributed by atoms with van der Waals surface area (Å²) < 4.78 is 1.61. The fourth-order valence-electron chi connectivity index (χ4n) is 2.24. The lowest BCUT2D eigenvalue weighted by Crippen LogP contribution is -2.22. The number of anilines is 4. The van der Waals surface area contributed by atoms with Gasteiger partial charge in [0.05, 0.1) is 0 Å². The second-order valence-corrected chi connectivity index (χ2v) is 5.06. The largest absolute Gasteiger partial charge is 0.356 e. The zero-order valence-corrected chi connectivity index (χ0v) is 12.9. The highest BCUT2D eigenvalue weighted by atomic mass is 16.1. The maximum atomic E-state index is 12.1. The summed E-state index contributed by atoms with van der Waals surface area (Å²) in [6.07, 6.45) is 3.30. The van der Waals surface area contributed by atoms with E-state index in [9.17, 15) is 4.79 Å². The van der Waals surface area contributed by atoms with E-state index >= 15 is 0 Å². The zero-order chi connectivity index (χ0) is 16.1. The van der Waals surface area contributed by atoms with E-state index in [0.717, 1.165) is 17.1 Å². The minimum absolute atomic E-state index is 0.124. The van der Waals surface area contributed by atoms with Crippen LogP contribution in [-0.2, 0) is 6.54 Å². The van der Waals surface area contributed by atoms with Crippen molar-refractivity contribution in [2.45, 2.75) is 13.5 Å². The normalized spacial score (nSPS) is 10.3. The highest BCUT2D eigenvalue weighted by Gasteiger charge is 2.04. The van der Waals surface area contributed by atoms with Crippen molar-refractivity contribution < 1.29 is 0 Å². The Morgan fingerprint density at radius 1 is 0.913 bits per heavy atom. The molecule has 2 N–H and O–H groups in total. The molecule has 3 rings (SSSR count). The Hall–Kier alpha value is -3.08. The summed E-state index contributed by atoms with van der Waals surface area (Å²) in [7, 11) is 0. The third kappa shape index (κ3) is 3.58. The first-order chi connectivity index (χ1) is 11.3. The molecule has 0 aliphatic rings. The molecule has 5 heteroatoms. The minimum Gasteiger partial charge on any atom is -0.356 e. The molecule has 0 atom stereocenters. The predicted molar refractivity (Wildman–Crippen MR) is 93.6 cm³/mol. The molecular weight excluding hydrogens is 288 g/mol. The van der Waals surface area contributed by atoms with Crippen LogP contribution >= 0.6 is 0 Å². The Kier molecular flexibility index (Phi) is 4.38. The molecule has 0 bridgehead atoms. The van der Waals surface area contributed by atoms with Gasteiger partial charge in [0.1, 0.15) is 0 Å². The summed E-state index contributed by atoms with van der Waals surface area (Å²) in [4.78, 5) is 16.3. The zero-order valence-electron chi connectivity index (χ0n) is 12.9. The van der Waals surface area contributed by atoms with Crippen molar-refractivity contribution in [1.82, 2.24) is 9.55 Å². The molecule has 0 radical (unpaired) electrons. The fraction of sp³-hybridized carbons (Fsp3) is 0.111. The molecule has 116 valence electrons. The molecule has 0 aliphatic carbocycles. The number of para-hydroxylation sites is 1. The molecule has 23 heavy (non-hydrogen) atoms. The molecule has 0 saturated heterocycles. The number of hydrogen-bond donors (Lipinski definition) is 2. The number of aryl methyl sites for hydroxylation is 1. The van der Waals surface area contributed by atoms with Gasteiger partial charge in [-0.05, 0) is 43.3 Å². The Morgan fingerprint density at radius 2 is 1.52 bits per heavy atom. The Morgan fingerprint density at radius 3 is 2.17 bits per heavy atom. The lowest BCUT2D eigenvalue weighted by atomic mass is 10.2. The van der Waals surface area contributed by atoms with Crippen LogP contribution in [0.25, 0.3) is 0 Å². The number of nitrogens with one attached hydrogen (secondary N) is 2. The molecule has 2 aromatic carbocycles. The Labute approximate surface area is 134 Å². The summed E-state index contributed by atoms with van der Waals surface area (Å²) in [6, 6.07) is 17.7. The van der Waals surface area contributed by atoms with Gasteiger partial charge >= 0.3 is 0 Å². The number of hydrogen-bond acceptors (Lipinski definition) is 4. The lowest BCUT2D eigenvalue weighted by molar-refractivity contribution is 0.720. The van der Waals surface area contributed by atoms with Crippen LogP contribution in [0.15, 0.2) is 71.8 Å². The van der Waals surface area contributed by atoms with Crippen LogP contribution in [0, 0.1) is 0 Å². The van der Waals surface area contributed by atoms with Gasteiger partial charge in [0.25, 0.3) is 5.56 Å². The first kappa shape index (κ1) is 14.8. The topological polar surface area (TPSA) is 59.0 Å². The average molecular weight is 306 g/mol. The van der Waals surface area contributed by atoms with E-state index in [4.69, 9.17) is 0 Å². The highest BCUT2D eigenvalue weighted by molar-refractivity contribution is 5.64. The Bertz CT molecular complexity index is 826. The predicted octanol–water partition coefficient (Wildman–Crippen LogP) is 3.75. The van der Waals surface area contributed by atoms with Crippen molar-refractivity contribution in [3.05, 3.63) is 77.3 Å². The van der Waals surface area contributed by atoms with Crippen molar-refractivity contribution in [2.24, 2.45) is 0 Å². The summed E-state index contributed by atoms with van der Waals surface area (Å²) in [6.45, 7) is 2.55. The van der Waals surface area contributed by atoms with E-state index in [2.05, 4.69) is 15.6 Å². The summed E-state index contributed by atoms with van der Waals surface area (Å²) >= 11 is 0. The van der Waals surface area contributed by atoms with Crippen LogP contribution in [0.5, 0.6) is 0 Å². The van der Waals surface area contributed by atoms with Gasteiger partial charge in [0, 0.05) is 36.0 Å². The van der Waals surface area contributed by atoms with Crippen LogP contribution in [0.1, 0.15) is 6.92 Å². The monoisotopic (exact) mass is 306 g/mol. The standard InChI is InChI=1S/C18H18N4O/c1-2-22-13-12-19-17(18(22)23)21-16-10-8-15(9-11-16)20-14-6-4-3-5-7-14/h3-13,20H,2H2,1H3,(H,19,21). The maximum Gasteiger partial charge on any atom is 0.293 e. The lowest BCUT2D eigenvalue weighted by Gasteiger charge is -2.09. The van der Waals surface area contributed by atoms with Gasteiger partial charge in [0.15, 0.2) is 5.82 Å². The SMILES string of the molecule is CCn1ccnc(Nc2ccc(Nc3ccccc3)cc2)c1=O. The van der Waals surface area contributed by atoms with Crippen molar-refractivity contribution in [3.63, 3.8) is 0 Å². The van der Waals surface area contributed by atoms with E-state index < -0.39 is 0 Å². The van der Waals surface area contributed by atoms with Crippen LogP contribution in [0.2, 0.25) is 0 Å². The Balaban J connectivity index is 1.74. The van der Waals surface area contributed by atoms with Crippen molar-refractivity contribution >= 4 is 22.9 Å². The highest BCUT2D eigenvalue weighted by Crippen LogP contribution is 2.19. The minimum atomic E-state index is -0.124. The van der Waals surface area contributed by atoms with Crippen molar-refractivity contribution in [3.8, 4) is 0 Å². The van der Waals surface area contributed by atoms with Gasteiger partial charge in [-0.1, -0.05) is 18.2 Å². The molecule has 1 aromatic heterocycles. The second kappa shape index (κ2) is 6.79. The smallest absolute Gasteiger partial charge is 0.293 e. The second-order valence-electron chi connectivity index (χ2n) is 5.06. The maximum absolute atomic E-state index is 12.1. The molecule has 1 heterocycles. The van der Waals surface area contributed by atoms with E-state index in [1.807, 2.05) is 61.5 Å². The molecule has 0 spiro atoms. The first-order valence-electron chi connectivity index (χ1n) is 7.51. The summed E-state index contributed by atoms with van der Waals surface area (Å²) in [5, 5.41) is 6.38. The van der Waals surface area contributed by atoms with Crippen LogP contribution in [0.3, 0.4) is 0 Å². The van der Waals surface area contributed by atoms with Gasteiger partial charge in [-0.3, -0.25) is 4.79 Å². The average Bonchev–Trinajstić information content (AvgIpc) is 2.59. The fourth-order valence-corrected chi connectivity index (χ4v) is 2.24. The van der Waals surface area contributed by atoms with Crippen LogP contribution in [0.4, 0.5) is 22.9 Å². The van der Waals surface area contributed by atoms with Gasteiger partial charge in [-0.15, -0.1) is 0 Å². The summed E-state index contributed by atoms with van der Waals surface area (Å²) in [5.74, 6) is 0.332. The third-order valence-electron chi connectivity index (χ3n) is 3.46. The molecule has 0 unspecified atom stereocenters.